The molecule has 1 saturated carbocycles. The van der Waals surface area contributed by atoms with Crippen molar-refractivity contribution in [2.45, 2.75) is 31.2 Å². The molecule has 94 valence electrons. The van der Waals surface area contributed by atoms with Gasteiger partial charge in [0, 0.05) is 5.02 Å². The average molecular weight is 265 g/mol. The summed E-state index contributed by atoms with van der Waals surface area (Å²) in [5.41, 5.74) is -0.131. The summed E-state index contributed by atoms with van der Waals surface area (Å²) in [5, 5.41) is 3.36. The summed E-state index contributed by atoms with van der Waals surface area (Å²) in [7, 11) is 0. The number of hydrogen-bond acceptors (Lipinski definition) is 2. The first-order chi connectivity index (χ1) is 8.62. The first-order valence-electron chi connectivity index (χ1n) is 6.05. The van der Waals surface area contributed by atoms with Crippen LogP contribution in [0.4, 0.5) is 10.5 Å². The Balaban J connectivity index is 1.98. The molecule has 0 bridgehead atoms. The van der Waals surface area contributed by atoms with E-state index < -0.39 is 5.54 Å². The topological polar surface area (TPSA) is 49.4 Å². The molecule has 18 heavy (non-hydrogen) atoms. The van der Waals surface area contributed by atoms with Crippen molar-refractivity contribution in [3.05, 3.63) is 29.3 Å². The van der Waals surface area contributed by atoms with Crippen molar-refractivity contribution < 1.29 is 9.59 Å². The molecule has 1 spiro atoms. The lowest BCUT2D eigenvalue weighted by atomic mass is 9.98. The number of nitrogens with one attached hydrogen (secondary N) is 1. The normalized spacial score (nSPS) is 21.7. The minimum atomic E-state index is -0.667. The van der Waals surface area contributed by atoms with E-state index in [1.54, 1.807) is 24.3 Å². The van der Waals surface area contributed by atoms with Gasteiger partial charge < -0.3 is 5.32 Å². The van der Waals surface area contributed by atoms with Gasteiger partial charge in [-0.3, -0.25) is 4.79 Å². The first kappa shape index (κ1) is 11.5. The number of imide groups is 1. The molecular weight excluding hydrogens is 252 g/mol. The smallest absolute Gasteiger partial charge is 0.323 e. The van der Waals surface area contributed by atoms with Crippen LogP contribution in [-0.2, 0) is 4.79 Å². The third kappa shape index (κ3) is 1.60. The zero-order chi connectivity index (χ0) is 12.8. The van der Waals surface area contributed by atoms with Gasteiger partial charge in [0.15, 0.2) is 0 Å². The van der Waals surface area contributed by atoms with E-state index in [2.05, 4.69) is 5.32 Å². The third-order valence-electron chi connectivity index (χ3n) is 3.69. The van der Waals surface area contributed by atoms with Crippen LogP contribution in [0.25, 0.3) is 0 Å². The van der Waals surface area contributed by atoms with Gasteiger partial charge in [-0.05, 0) is 31.0 Å². The quantitative estimate of drug-likeness (QED) is 0.793. The highest BCUT2D eigenvalue weighted by Crippen LogP contribution is 2.37. The highest BCUT2D eigenvalue weighted by Gasteiger charge is 2.52. The molecule has 5 heteroatoms. The lowest BCUT2D eigenvalue weighted by molar-refractivity contribution is -0.121. The van der Waals surface area contributed by atoms with Gasteiger partial charge in [0.1, 0.15) is 5.54 Å². The molecule has 2 fully saturated rings. The van der Waals surface area contributed by atoms with Gasteiger partial charge in [-0.25, -0.2) is 9.69 Å². The number of urea groups is 1. The Kier molecular flexibility index (Phi) is 2.55. The maximum absolute atomic E-state index is 12.5. The summed E-state index contributed by atoms with van der Waals surface area (Å²) in [6.45, 7) is 0. The Bertz CT molecular complexity index is 523. The Morgan fingerprint density at radius 2 is 1.94 bits per heavy atom. The minimum Gasteiger partial charge on any atom is -0.323 e. The number of benzene rings is 1. The number of rotatable bonds is 1. The molecule has 0 radical (unpaired) electrons. The molecule has 1 N–H and O–H groups in total. The Labute approximate surface area is 110 Å². The number of carbonyl (C=O) groups excluding carboxylic acids is 2. The van der Waals surface area contributed by atoms with E-state index >= 15 is 0 Å². The summed E-state index contributed by atoms with van der Waals surface area (Å²) >= 11 is 5.90. The summed E-state index contributed by atoms with van der Waals surface area (Å²) in [5.74, 6) is -0.146. The van der Waals surface area contributed by atoms with Gasteiger partial charge in [0.05, 0.1) is 5.69 Å². The largest absolute Gasteiger partial charge is 0.329 e. The minimum absolute atomic E-state index is 0.146. The van der Waals surface area contributed by atoms with Crippen LogP contribution in [0.2, 0.25) is 5.02 Å². The second-order valence-corrected chi connectivity index (χ2v) is 5.28. The molecule has 4 nitrogen and oxygen atoms in total. The molecule has 0 atom stereocenters. The molecule has 1 aromatic carbocycles. The molecular formula is C13H13ClN2O2. The van der Waals surface area contributed by atoms with E-state index in [0.29, 0.717) is 10.7 Å². The van der Waals surface area contributed by atoms with Crippen molar-refractivity contribution in [1.82, 2.24) is 5.32 Å². The lowest BCUT2D eigenvalue weighted by Gasteiger charge is -2.20. The van der Waals surface area contributed by atoms with Crippen molar-refractivity contribution in [2.75, 3.05) is 4.90 Å². The SMILES string of the molecule is O=C1NC2(CCCC2)C(=O)N1c1cccc(Cl)c1. The Morgan fingerprint density at radius 3 is 2.61 bits per heavy atom. The molecule has 1 aliphatic heterocycles. The molecule has 3 amide bonds. The number of nitrogens with zero attached hydrogens (tertiary/aromatic N) is 1. The number of carbonyl (C=O) groups is 2. The second kappa shape index (κ2) is 3.99. The fourth-order valence-corrected chi connectivity index (χ4v) is 2.97. The number of amides is 3. The standard InChI is InChI=1S/C13H13ClN2O2/c14-9-4-3-5-10(8-9)16-11(17)13(15-12(16)18)6-1-2-7-13/h3-5,8H,1-2,6-7H2,(H,15,18). The van der Waals surface area contributed by atoms with E-state index in [1.807, 2.05) is 0 Å². The predicted octanol–water partition coefficient (Wildman–Crippen LogP) is 2.71. The van der Waals surface area contributed by atoms with E-state index in [1.165, 1.54) is 4.90 Å². The fraction of sp³-hybridized carbons (Fsp3) is 0.385. The van der Waals surface area contributed by atoms with Crippen molar-refractivity contribution in [3.8, 4) is 0 Å². The highest BCUT2D eigenvalue weighted by atomic mass is 35.5. The van der Waals surface area contributed by atoms with Gasteiger partial charge in [0.2, 0.25) is 0 Å². The lowest BCUT2D eigenvalue weighted by Crippen LogP contribution is -2.44. The molecule has 1 heterocycles. The van der Waals surface area contributed by atoms with Crippen molar-refractivity contribution in [2.24, 2.45) is 0 Å². The zero-order valence-electron chi connectivity index (χ0n) is 9.78. The molecule has 1 aliphatic carbocycles. The summed E-state index contributed by atoms with van der Waals surface area (Å²) in [6.07, 6.45) is 3.42. The van der Waals surface area contributed by atoms with Gasteiger partial charge in [0.25, 0.3) is 5.91 Å². The van der Waals surface area contributed by atoms with Crippen LogP contribution in [-0.4, -0.2) is 17.5 Å². The molecule has 0 aromatic heterocycles. The molecule has 1 saturated heterocycles. The van der Waals surface area contributed by atoms with Crippen LogP contribution in [0.1, 0.15) is 25.7 Å². The van der Waals surface area contributed by atoms with E-state index in [-0.39, 0.29) is 11.9 Å². The van der Waals surface area contributed by atoms with E-state index in [0.717, 1.165) is 25.7 Å². The van der Waals surface area contributed by atoms with Crippen molar-refractivity contribution in [3.63, 3.8) is 0 Å². The average Bonchev–Trinajstić information content (AvgIpc) is 2.87. The van der Waals surface area contributed by atoms with E-state index in [4.69, 9.17) is 11.6 Å². The maximum atomic E-state index is 12.5. The summed E-state index contributed by atoms with van der Waals surface area (Å²) in [6, 6.07) is 6.46. The maximum Gasteiger partial charge on any atom is 0.329 e. The van der Waals surface area contributed by atoms with Crippen LogP contribution in [0.15, 0.2) is 24.3 Å². The monoisotopic (exact) mass is 264 g/mol. The van der Waals surface area contributed by atoms with Crippen LogP contribution in [0.3, 0.4) is 0 Å². The van der Waals surface area contributed by atoms with Crippen molar-refractivity contribution >= 4 is 29.2 Å². The molecule has 3 rings (SSSR count). The van der Waals surface area contributed by atoms with Gasteiger partial charge in [-0.2, -0.15) is 0 Å². The molecule has 0 unspecified atom stereocenters. The highest BCUT2D eigenvalue weighted by molar-refractivity contribution is 6.31. The Hall–Kier alpha value is -1.55. The van der Waals surface area contributed by atoms with Crippen LogP contribution in [0, 0.1) is 0 Å². The third-order valence-corrected chi connectivity index (χ3v) is 3.92. The van der Waals surface area contributed by atoms with Crippen LogP contribution in [0.5, 0.6) is 0 Å². The van der Waals surface area contributed by atoms with Crippen LogP contribution < -0.4 is 10.2 Å². The molecule has 1 aromatic rings. The first-order valence-corrected chi connectivity index (χ1v) is 6.42. The molecule has 2 aliphatic rings. The zero-order valence-corrected chi connectivity index (χ0v) is 10.5. The predicted molar refractivity (Wildman–Crippen MR) is 68.7 cm³/mol. The van der Waals surface area contributed by atoms with Gasteiger partial charge in [-0.15, -0.1) is 0 Å². The second-order valence-electron chi connectivity index (χ2n) is 4.84. The summed E-state index contributed by atoms with van der Waals surface area (Å²) in [4.78, 5) is 25.7. The fourth-order valence-electron chi connectivity index (χ4n) is 2.79. The number of halogens is 1. The van der Waals surface area contributed by atoms with E-state index in [9.17, 15) is 9.59 Å². The van der Waals surface area contributed by atoms with Gasteiger partial charge >= 0.3 is 6.03 Å². The van der Waals surface area contributed by atoms with Crippen LogP contribution >= 0.6 is 11.6 Å². The van der Waals surface area contributed by atoms with Gasteiger partial charge in [-0.1, -0.05) is 30.5 Å². The number of anilines is 1. The van der Waals surface area contributed by atoms with Crippen molar-refractivity contribution in [1.29, 1.82) is 0 Å². The Morgan fingerprint density at radius 1 is 1.22 bits per heavy atom. The number of hydrogen-bond donors (Lipinski definition) is 1. The summed E-state index contributed by atoms with van der Waals surface area (Å²) < 4.78 is 0.